The molecule has 3 aromatic carbocycles. The number of primary amides is 1. The second kappa shape index (κ2) is 6.28. The number of benzene rings is 3. The standard InChI is InChI=1S/C20H17N3O2/c21-19(24)12-23-17-10-4-3-9-16(17)22-20(23)13-25-18-11-5-7-14-6-1-2-8-15(14)18/h1-11H,12-13H2,(H2,21,24). The minimum absolute atomic E-state index is 0.0781. The molecule has 0 fully saturated rings. The van der Waals surface area contributed by atoms with Crippen LogP contribution < -0.4 is 10.5 Å². The number of carbonyl (C=O) groups excluding carboxylic acids is 1. The Hall–Kier alpha value is -3.34. The molecule has 1 aromatic heterocycles. The maximum atomic E-state index is 11.4. The summed E-state index contributed by atoms with van der Waals surface area (Å²) in [5.74, 6) is 1.05. The zero-order chi connectivity index (χ0) is 17.2. The van der Waals surface area contributed by atoms with Gasteiger partial charge in [0.15, 0.2) is 0 Å². The Morgan fingerprint density at radius 3 is 2.64 bits per heavy atom. The van der Waals surface area contributed by atoms with Crippen LogP contribution in [0.15, 0.2) is 66.7 Å². The number of hydrogen-bond donors (Lipinski definition) is 1. The summed E-state index contributed by atoms with van der Waals surface area (Å²) >= 11 is 0. The maximum absolute atomic E-state index is 11.4. The average Bonchev–Trinajstić information content (AvgIpc) is 2.97. The molecule has 0 aliphatic carbocycles. The van der Waals surface area contributed by atoms with Gasteiger partial charge in [-0.05, 0) is 23.6 Å². The van der Waals surface area contributed by atoms with E-state index in [4.69, 9.17) is 10.5 Å². The van der Waals surface area contributed by atoms with Gasteiger partial charge in [-0.3, -0.25) is 4.79 Å². The third-order valence-electron chi connectivity index (χ3n) is 4.15. The molecule has 5 heteroatoms. The summed E-state index contributed by atoms with van der Waals surface area (Å²) in [5.41, 5.74) is 7.09. The normalized spacial score (nSPS) is 11.0. The average molecular weight is 331 g/mol. The molecule has 0 aliphatic heterocycles. The number of amides is 1. The van der Waals surface area contributed by atoms with E-state index in [1.807, 2.05) is 71.3 Å². The van der Waals surface area contributed by atoms with Crippen molar-refractivity contribution in [2.24, 2.45) is 5.73 Å². The third-order valence-corrected chi connectivity index (χ3v) is 4.15. The van der Waals surface area contributed by atoms with Crippen molar-refractivity contribution >= 4 is 27.7 Å². The van der Waals surface area contributed by atoms with Crippen LogP contribution in [0.5, 0.6) is 5.75 Å². The van der Waals surface area contributed by atoms with Gasteiger partial charge in [-0.25, -0.2) is 4.98 Å². The highest BCUT2D eigenvalue weighted by Crippen LogP contribution is 2.26. The van der Waals surface area contributed by atoms with Crippen LogP contribution in [0.4, 0.5) is 0 Å². The van der Waals surface area contributed by atoms with E-state index < -0.39 is 5.91 Å². The van der Waals surface area contributed by atoms with Gasteiger partial charge in [-0.15, -0.1) is 0 Å². The van der Waals surface area contributed by atoms with Crippen LogP contribution in [-0.4, -0.2) is 15.5 Å². The highest BCUT2D eigenvalue weighted by Gasteiger charge is 2.13. The number of nitrogens with zero attached hydrogens (tertiary/aromatic N) is 2. The number of ether oxygens (including phenoxy) is 1. The molecule has 5 nitrogen and oxygen atoms in total. The Balaban J connectivity index is 1.69. The molecule has 0 spiro atoms. The zero-order valence-corrected chi connectivity index (χ0v) is 13.6. The van der Waals surface area contributed by atoms with Crippen LogP contribution in [0, 0.1) is 0 Å². The first-order valence-electron chi connectivity index (χ1n) is 8.05. The molecule has 1 heterocycles. The summed E-state index contributed by atoms with van der Waals surface area (Å²) in [7, 11) is 0. The van der Waals surface area contributed by atoms with Crippen molar-refractivity contribution in [1.29, 1.82) is 0 Å². The predicted molar refractivity (Wildman–Crippen MR) is 97.2 cm³/mol. The lowest BCUT2D eigenvalue weighted by Crippen LogP contribution is -2.20. The van der Waals surface area contributed by atoms with Gasteiger partial charge in [-0.2, -0.15) is 0 Å². The van der Waals surface area contributed by atoms with E-state index in [1.165, 1.54) is 0 Å². The number of imidazole rings is 1. The molecule has 0 radical (unpaired) electrons. The first-order chi connectivity index (χ1) is 12.2. The molecule has 2 N–H and O–H groups in total. The highest BCUT2D eigenvalue weighted by molar-refractivity contribution is 5.88. The van der Waals surface area contributed by atoms with Crippen molar-refractivity contribution in [1.82, 2.24) is 9.55 Å². The van der Waals surface area contributed by atoms with Crippen molar-refractivity contribution in [3.05, 3.63) is 72.6 Å². The molecule has 1 amide bonds. The van der Waals surface area contributed by atoms with Gasteiger partial charge in [0.25, 0.3) is 0 Å². The van der Waals surface area contributed by atoms with Crippen LogP contribution in [-0.2, 0) is 17.9 Å². The number of aromatic nitrogens is 2. The summed E-state index contributed by atoms with van der Waals surface area (Å²) in [5, 5.41) is 2.16. The Morgan fingerprint density at radius 2 is 1.76 bits per heavy atom. The van der Waals surface area contributed by atoms with Gasteiger partial charge in [-0.1, -0.05) is 48.5 Å². The largest absolute Gasteiger partial charge is 0.485 e. The first-order valence-corrected chi connectivity index (χ1v) is 8.05. The number of para-hydroxylation sites is 2. The van der Waals surface area contributed by atoms with Crippen molar-refractivity contribution in [3.63, 3.8) is 0 Å². The lowest BCUT2D eigenvalue weighted by Gasteiger charge is -2.11. The first kappa shape index (κ1) is 15.2. The van der Waals surface area contributed by atoms with Gasteiger partial charge in [0, 0.05) is 5.39 Å². The Kier molecular flexibility index (Phi) is 3.82. The Morgan fingerprint density at radius 1 is 1.00 bits per heavy atom. The predicted octanol–water partition coefficient (Wildman–Crippen LogP) is 3.25. The van der Waals surface area contributed by atoms with E-state index in [0.717, 1.165) is 27.6 Å². The molecule has 0 saturated heterocycles. The van der Waals surface area contributed by atoms with Crippen LogP contribution in [0.25, 0.3) is 21.8 Å². The minimum atomic E-state index is -0.408. The molecule has 0 bridgehead atoms. The highest BCUT2D eigenvalue weighted by atomic mass is 16.5. The third kappa shape index (κ3) is 2.92. The van der Waals surface area contributed by atoms with E-state index in [-0.39, 0.29) is 13.2 Å². The van der Waals surface area contributed by atoms with Gasteiger partial charge >= 0.3 is 0 Å². The van der Waals surface area contributed by atoms with E-state index in [1.54, 1.807) is 0 Å². The monoisotopic (exact) mass is 331 g/mol. The number of hydrogen-bond acceptors (Lipinski definition) is 3. The summed E-state index contributed by atoms with van der Waals surface area (Å²) in [6.45, 7) is 0.338. The van der Waals surface area contributed by atoms with Gasteiger partial charge in [0.2, 0.25) is 5.91 Å². The van der Waals surface area contributed by atoms with Crippen molar-refractivity contribution in [2.45, 2.75) is 13.2 Å². The summed E-state index contributed by atoms with van der Waals surface area (Å²) in [6, 6.07) is 21.7. The molecule has 4 rings (SSSR count). The van der Waals surface area contributed by atoms with Crippen molar-refractivity contribution < 1.29 is 9.53 Å². The maximum Gasteiger partial charge on any atom is 0.237 e. The smallest absolute Gasteiger partial charge is 0.237 e. The molecule has 0 saturated carbocycles. The minimum Gasteiger partial charge on any atom is -0.485 e. The summed E-state index contributed by atoms with van der Waals surface area (Å²) < 4.78 is 7.83. The molecule has 0 aliphatic rings. The lowest BCUT2D eigenvalue weighted by molar-refractivity contribution is -0.118. The van der Waals surface area contributed by atoms with Crippen LogP contribution in [0.1, 0.15) is 5.82 Å². The van der Waals surface area contributed by atoms with Gasteiger partial charge < -0.3 is 15.0 Å². The number of rotatable bonds is 5. The number of nitrogens with two attached hydrogens (primary N) is 1. The van der Waals surface area contributed by atoms with Crippen molar-refractivity contribution in [2.75, 3.05) is 0 Å². The molecule has 0 unspecified atom stereocenters. The van der Waals surface area contributed by atoms with Gasteiger partial charge in [0.1, 0.15) is 24.7 Å². The lowest BCUT2D eigenvalue weighted by atomic mass is 10.1. The van der Waals surface area contributed by atoms with E-state index in [9.17, 15) is 4.79 Å². The molecule has 124 valence electrons. The van der Waals surface area contributed by atoms with E-state index >= 15 is 0 Å². The molecule has 25 heavy (non-hydrogen) atoms. The van der Waals surface area contributed by atoms with Gasteiger partial charge in [0.05, 0.1) is 11.0 Å². The molecular weight excluding hydrogens is 314 g/mol. The quantitative estimate of drug-likeness (QED) is 0.610. The second-order valence-corrected chi connectivity index (χ2v) is 5.84. The zero-order valence-electron chi connectivity index (χ0n) is 13.6. The molecule has 4 aromatic rings. The Bertz CT molecular complexity index is 1060. The SMILES string of the molecule is NC(=O)Cn1c(COc2cccc3ccccc23)nc2ccccc21. The number of carbonyl (C=O) groups is 1. The topological polar surface area (TPSA) is 70.1 Å². The summed E-state index contributed by atoms with van der Waals surface area (Å²) in [6.07, 6.45) is 0. The molecular formula is C20H17N3O2. The Labute approximate surface area is 144 Å². The fraction of sp³-hybridized carbons (Fsp3) is 0.100. The van der Waals surface area contributed by atoms with Crippen LogP contribution in [0.2, 0.25) is 0 Å². The second-order valence-electron chi connectivity index (χ2n) is 5.84. The number of fused-ring (bicyclic) bond motifs is 2. The van der Waals surface area contributed by atoms with E-state index in [2.05, 4.69) is 4.98 Å². The fourth-order valence-corrected chi connectivity index (χ4v) is 3.03. The fourth-order valence-electron chi connectivity index (χ4n) is 3.03. The van der Waals surface area contributed by atoms with Crippen LogP contribution in [0.3, 0.4) is 0 Å². The van der Waals surface area contributed by atoms with Crippen LogP contribution >= 0.6 is 0 Å². The molecule has 0 atom stereocenters. The summed E-state index contributed by atoms with van der Waals surface area (Å²) in [4.78, 5) is 16.0. The van der Waals surface area contributed by atoms with E-state index in [0.29, 0.717) is 5.82 Å². The van der Waals surface area contributed by atoms with Crippen molar-refractivity contribution in [3.8, 4) is 5.75 Å².